The zero-order valence-corrected chi connectivity index (χ0v) is 16.6. The molecule has 2 aromatic carbocycles. The van der Waals surface area contributed by atoms with Gasteiger partial charge < -0.3 is 14.6 Å². The molecule has 0 saturated carbocycles. The highest BCUT2D eigenvalue weighted by atomic mass is 79.9. The maximum absolute atomic E-state index is 13.1. The highest BCUT2D eigenvalue weighted by Crippen LogP contribution is 2.22. The van der Waals surface area contributed by atoms with Gasteiger partial charge in [0.25, 0.3) is 11.8 Å². The van der Waals surface area contributed by atoms with E-state index in [0.29, 0.717) is 15.9 Å². The first-order valence-corrected chi connectivity index (χ1v) is 9.30. The van der Waals surface area contributed by atoms with Crippen molar-refractivity contribution in [2.24, 2.45) is 0 Å². The number of anilines is 2. The minimum atomic E-state index is -0.380. The zero-order valence-electron chi connectivity index (χ0n) is 15.0. The summed E-state index contributed by atoms with van der Waals surface area (Å²) >= 11 is 3.17. The number of benzene rings is 2. The van der Waals surface area contributed by atoms with E-state index in [1.165, 1.54) is 0 Å². The van der Waals surface area contributed by atoms with Crippen LogP contribution in [0, 0.1) is 0 Å². The van der Waals surface area contributed by atoms with Crippen LogP contribution in [0.5, 0.6) is 0 Å². The second kappa shape index (κ2) is 8.22. The van der Waals surface area contributed by atoms with Crippen molar-refractivity contribution in [3.05, 3.63) is 82.7 Å². The molecule has 0 unspecified atom stereocenters. The van der Waals surface area contributed by atoms with Gasteiger partial charge in [-0.1, -0.05) is 24.3 Å². The molecule has 2 amide bonds. The van der Waals surface area contributed by atoms with Crippen LogP contribution in [0.4, 0.5) is 11.4 Å². The lowest BCUT2D eigenvalue weighted by molar-refractivity contribution is 0.0975. The van der Waals surface area contributed by atoms with Crippen LogP contribution < -0.4 is 10.2 Å². The van der Waals surface area contributed by atoms with Gasteiger partial charge in [-0.15, -0.1) is 0 Å². The van der Waals surface area contributed by atoms with Crippen LogP contribution in [0.15, 0.2) is 75.8 Å². The van der Waals surface area contributed by atoms with E-state index in [1.54, 1.807) is 41.3 Å². The van der Waals surface area contributed by atoms with Crippen LogP contribution >= 0.6 is 15.9 Å². The molecule has 0 fully saturated rings. The van der Waals surface area contributed by atoms with E-state index in [0.717, 1.165) is 5.69 Å². The Morgan fingerprint density at radius 1 is 1.00 bits per heavy atom. The standard InChI is InChI=1S/C21H19BrN2O3/c1-14(2)24(17-9-4-3-5-10-17)21(26)15-7-6-8-16(13-15)23-20(25)18-11-12-19(22)27-18/h3-14H,1-2H3,(H,23,25). The van der Waals surface area contributed by atoms with Crippen LogP contribution in [0.1, 0.15) is 34.8 Å². The van der Waals surface area contributed by atoms with Crippen molar-refractivity contribution in [1.82, 2.24) is 0 Å². The van der Waals surface area contributed by atoms with Crippen LogP contribution in [0.3, 0.4) is 0 Å². The van der Waals surface area contributed by atoms with Crippen LogP contribution in [0.2, 0.25) is 0 Å². The molecule has 3 rings (SSSR count). The average Bonchev–Trinajstić information content (AvgIpc) is 3.09. The average molecular weight is 427 g/mol. The third-order valence-electron chi connectivity index (χ3n) is 3.93. The molecule has 138 valence electrons. The third-order valence-corrected chi connectivity index (χ3v) is 4.36. The number of hydrogen-bond acceptors (Lipinski definition) is 3. The molecule has 6 heteroatoms. The molecule has 0 saturated heterocycles. The first-order chi connectivity index (χ1) is 13.0. The van der Waals surface area contributed by atoms with Crippen molar-refractivity contribution in [3.8, 4) is 0 Å². The molecule has 1 heterocycles. The number of nitrogens with zero attached hydrogens (tertiary/aromatic N) is 1. The molecule has 0 atom stereocenters. The Morgan fingerprint density at radius 2 is 1.74 bits per heavy atom. The van der Waals surface area contributed by atoms with E-state index < -0.39 is 0 Å². The summed E-state index contributed by atoms with van der Waals surface area (Å²) in [4.78, 5) is 27.1. The van der Waals surface area contributed by atoms with Crippen molar-refractivity contribution in [3.63, 3.8) is 0 Å². The molecule has 1 aromatic heterocycles. The second-order valence-corrected chi connectivity index (χ2v) is 7.02. The summed E-state index contributed by atoms with van der Waals surface area (Å²) in [5, 5.41) is 2.75. The van der Waals surface area contributed by atoms with Crippen LogP contribution in [-0.4, -0.2) is 17.9 Å². The quantitative estimate of drug-likeness (QED) is 0.597. The Morgan fingerprint density at radius 3 is 2.37 bits per heavy atom. The summed E-state index contributed by atoms with van der Waals surface area (Å²) in [5.41, 5.74) is 1.84. The Kier molecular flexibility index (Phi) is 5.76. The molecule has 3 aromatic rings. The predicted octanol–water partition coefficient (Wildman–Crippen LogP) is 5.35. The predicted molar refractivity (Wildman–Crippen MR) is 109 cm³/mol. The summed E-state index contributed by atoms with van der Waals surface area (Å²) in [6, 6.07) is 19.6. The lowest BCUT2D eigenvalue weighted by atomic mass is 10.1. The fraction of sp³-hybridized carbons (Fsp3) is 0.143. The van der Waals surface area contributed by atoms with Crippen molar-refractivity contribution in [2.75, 3.05) is 10.2 Å². The second-order valence-electron chi connectivity index (χ2n) is 6.24. The topological polar surface area (TPSA) is 62.6 Å². The zero-order chi connectivity index (χ0) is 19.4. The number of halogens is 1. The first-order valence-electron chi connectivity index (χ1n) is 8.51. The molecule has 0 aliphatic carbocycles. The Hall–Kier alpha value is -2.86. The number of hydrogen-bond donors (Lipinski definition) is 1. The minimum absolute atomic E-state index is 0.0152. The third kappa shape index (κ3) is 4.46. The van der Waals surface area contributed by atoms with Gasteiger partial charge in [0.05, 0.1) is 0 Å². The summed E-state index contributed by atoms with van der Waals surface area (Å²) < 4.78 is 5.73. The molecule has 0 aliphatic rings. The van der Waals surface area contributed by atoms with E-state index in [4.69, 9.17) is 4.42 Å². The van der Waals surface area contributed by atoms with Gasteiger partial charge in [0, 0.05) is 23.0 Å². The SMILES string of the molecule is CC(C)N(C(=O)c1cccc(NC(=O)c2ccc(Br)o2)c1)c1ccccc1. The van der Waals surface area contributed by atoms with Gasteiger partial charge in [0.2, 0.25) is 0 Å². The first kappa shape index (κ1) is 18.9. The largest absolute Gasteiger partial charge is 0.444 e. The molecule has 0 spiro atoms. The number of para-hydroxylation sites is 1. The van der Waals surface area contributed by atoms with Crippen molar-refractivity contribution >= 4 is 39.1 Å². The van der Waals surface area contributed by atoms with Gasteiger partial charge in [-0.25, -0.2) is 0 Å². The van der Waals surface area contributed by atoms with E-state index in [-0.39, 0.29) is 23.6 Å². The number of furan rings is 1. The lowest BCUT2D eigenvalue weighted by Gasteiger charge is -2.27. The number of nitrogens with one attached hydrogen (secondary N) is 1. The summed E-state index contributed by atoms with van der Waals surface area (Å²) in [7, 11) is 0. The minimum Gasteiger partial charge on any atom is -0.444 e. The van der Waals surface area contributed by atoms with Gasteiger partial charge in [-0.2, -0.15) is 0 Å². The monoisotopic (exact) mass is 426 g/mol. The molecule has 0 bridgehead atoms. The van der Waals surface area contributed by atoms with Crippen LogP contribution in [0.25, 0.3) is 0 Å². The van der Waals surface area contributed by atoms with Crippen molar-refractivity contribution < 1.29 is 14.0 Å². The Labute approximate surface area is 166 Å². The maximum Gasteiger partial charge on any atom is 0.291 e. The number of rotatable bonds is 5. The number of amides is 2. The normalized spacial score (nSPS) is 10.7. The number of carbonyl (C=O) groups is 2. The fourth-order valence-electron chi connectivity index (χ4n) is 2.74. The van der Waals surface area contributed by atoms with E-state index in [2.05, 4.69) is 21.2 Å². The summed E-state index contributed by atoms with van der Waals surface area (Å²) in [5.74, 6) is -0.325. The highest BCUT2D eigenvalue weighted by molar-refractivity contribution is 9.10. The molecular weight excluding hydrogens is 408 g/mol. The molecular formula is C21H19BrN2O3. The summed E-state index contributed by atoms with van der Waals surface area (Å²) in [6.07, 6.45) is 0. The molecule has 0 radical (unpaired) electrons. The van der Waals surface area contributed by atoms with Gasteiger partial charge in [0.15, 0.2) is 10.4 Å². The highest BCUT2D eigenvalue weighted by Gasteiger charge is 2.21. The van der Waals surface area contributed by atoms with Gasteiger partial charge in [-0.05, 0) is 72.2 Å². The molecule has 5 nitrogen and oxygen atoms in total. The molecule has 27 heavy (non-hydrogen) atoms. The van der Waals surface area contributed by atoms with Gasteiger partial charge in [0.1, 0.15) is 0 Å². The van der Waals surface area contributed by atoms with Gasteiger partial charge >= 0.3 is 0 Å². The van der Waals surface area contributed by atoms with Gasteiger partial charge in [-0.3, -0.25) is 9.59 Å². The van der Waals surface area contributed by atoms with E-state index in [1.807, 2.05) is 44.2 Å². The Balaban J connectivity index is 1.83. The maximum atomic E-state index is 13.1. The smallest absolute Gasteiger partial charge is 0.291 e. The summed E-state index contributed by atoms with van der Waals surface area (Å²) in [6.45, 7) is 3.93. The van der Waals surface area contributed by atoms with Crippen LogP contribution in [-0.2, 0) is 0 Å². The molecule has 1 N–H and O–H groups in total. The lowest BCUT2D eigenvalue weighted by Crippen LogP contribution is -2.37. The molecule has 0 aliphatic heterocycles. The van der Waals surface area contributed by atoms with Crippen molar-refractivity contribution in [1.29, 1.82) is 0 Å². The number of carbonyl (C=O) groups excluding carboxylic acids is 2. The van der Waals surface area contributed by atoms with E-state index in [9.17, 15) is 9.59 Å². The van der Waals surface area contributed by atoms with Crippen molar-refractivity contribution in [2.45, 2.75) is 19.9 Å². The Bertz CT molecular complexity index is 951. The van der Waals surface area contributed by atoms with E-state index >= 15 is 0 Å². The fourth-order valence-corrected chi connectivity index (χ4v) is 3.04.